The molecule has 5 nitrogen and oxygen atoms in total. The molecule has 2 aliphatic rings. The molecule has 0 saturated carbocycles. The predicted octanol–water partition coefficient (Wildman–Crippen LogP) is 1.97. The molecule has 1 aromatic rings. The quantitative estimate of drug-likeness (QED) is 0.853. The first-order valence-electron chi connectivity index (χ1n) is 8.19. The minimum Gasteiger partial charge on any atom is -0.366 e. The Morgan fingerprint density at radius 3 is 2.73 bits per heavy atom. The minimum absolute atomic E-state index is 0.182. The number of rotatable bonds is 3. The molecule has 0 aromatic carbocycles. The van der Waals surface area contributed by atoms with Gasteiger partial charge in [-0.05, 0) is 33.1 Å². The molecule has 6 heteroatoms. The van der Waals surface area contributed by atoms with Crippen molar-refractivity contribution in [3.8, 4) is 0 Å². The maximum absolute atomic E-state index is 12.6. The molecule has 1 aromatic heterocycles. The Labute approximate surface area is 136 Å². The molecule has 2 saturated heterocycles. The van der Waals surface area contributed by atoms with Gasteiger partial charge in [0.2, 0.25) is 0 Å². The number of amides is 1. The van der Waals surface area contributed by atoms with Crippen LogP contribution in [-0.2, 0) is 16.1 Å². The van der Waals surface area contributed by atoms with E-state index in [1.165, 1.54) is 11.3 Å². The number of hydrogen-bond donors (Lipinski definition) is 0. The molecular formula is C16H25N3O2S. The number of nitrogens with zero attached hydrogens (tertiary/aromatic N) is 3. The van der Waals surface area contributed by atoms with Gasteiger partial charge in [0.1, 0.15) is 6.10 Å². The lowest BCUT2D eigenvalue weighted by Crippen LogP contribution is -2.51. The van der Waals surface area contributed by atoms with Crippen LogP contribution < -0.4 is 0 Å². The van der Waals surface area contributed by atoms with Crippen molar-refractivity contribution in [3.05, 3.63) is 15.6 Å². The highest BCUT2D eigenvalue weighted by molar-refractivity contribution is 7.11. The Hall–Kier alpha value is -0.980. The number of aromatic nitrogens is 1. The van der Waals surface area contributed by atoms with Crippen LogP contribution in [-0.4, -0.2) is 59.6 Å². The van der Waals surface area contributed by atoms with Crippen molar-refractivity contribution in [2.45, 2.75) is 45.8 Å². The maximum Gasteiger partial charge on any atom is 0.253 e. The molecule has 1 atom stereocenters. The molecule has 0 bridgehead atoms. The number of ether oxygens (including phenoxy) is 1. The van der Waals surface area contributed by atoms with Gasteiger partial charge in [-0.25, -0.2) is 4.98 Å². The van der Waals surface area contributed by atoms with Gasteiger partial charge in [-0.15, -0.1) is 11.3 Å². The average molecular weight is 323 g/mol. The summed E-state index contributed by atoms with van der Waals surface area (Å²) in [5.41, 5.74) is 1.12. The van der Waals surface area contributed by atoms with Gasteiger partial charge in [0.05, 0.1) is 17.3 Å². The highest BCUT2D eigenvalue weighted by atomic mass is 32.1. The van der Waals surface area contributed by atoms with E-state index in [1.54, 1.807) is 11.3 Å². The number of likely N-dealkylation sites (tertiary alicyclic amines) is 1. The summed E-state index contributed by atoms with van der Waals surface area (Å²) in [5.74, 6) is 0.182. The first-order chi connectivity index (χ1) is 10.6. The van der Waals surface area contributed by atoms with Gasteiger partial charge in [-0.1, -0.05) is 0 Å². The van der Waals surface area contributed by atoms with E-state index in [4.69, 9.17) is 4.74 Å². The molecular weight excluding hydrogens is 298 g/mol. The number of carbonyl (C=O) groups is 1. The van der Waals surface area contributed by atoms with Gasteiger partial charge in [-0.3, -0.25) is 9.69 Å². The fourth-order valence-electron chi connectivity index (χ4n) is 3.24. The second-order valence-corrected chi connectivity index (χ2v) is 7.51. The van der Waals surface area contributed by atoms with Gasteiger partial charge >= 0.3 is 0 Å². The van der Waals surface area contributed by atoms with Gasteiger partial charge in [0.25, 0.3) is 5.91 Å². The van der Waals surface area contributed by atoms with E-state index >= 15 is 0 Å². The molecule has 122 valence electrons. The Morgan fingerprint density at radius 2 is 2.05 bits per heavy atom. The van der Waals surface area contributed by atoms with Crippen molar-refractivity contribution < 1.29 is 9.53 Å². The van der Waals surface area contributed by atoms with E-state index in [0.717, 1.165) is 49.7 Å². The van der Waals surface area contributed by atoms with Crippen LogP contribution in [0.2, 0.25) is 0 Å². The third-order valence-electron chi connectivity index (χ3n) is 4.46. The summed E-state index contributed by atoms with van der Waals surface area (Å²) >= 11 is 1.76. The van der Waals surface area contributed by atoms with E-state index in [1.807, 2.05) is 11.8 Å². The number of aryl methyl sites for hydroxylation is 2. The first kappa shape index (κ1) is 15.9. The lowest BCUT2D eigenvalue weighted by atomic mass is 10.1. The van der Waals surface area contributed by atoms with Crippen LogP contribution in [0.1, 0.15) is 34.8 Å². The summed E-state index contributed by atoms with van der Waals surface area (Å²) in [7, 11) is 0. The van der Waals surface area contributed by atoms with Gasteiger partial charge in [-0.2, -0.15) is 0 Å². The fourth-order valence-corrected chi connectivity index (χ4v) is 4.22. The SMILES string of the molecule is Cc1nc(C)c(CN2CCOC(C(=O)N3CCCCC3)C2)s1. The molecule has 0 N–H and O–H groups in total. The Balaban J connectivity index is 1.59. The molecule has 22 heavy (non-hydrogen) atoms. The average Bonchev–Trinajstić information content (AvgIpc) is 2.85. The monoisotopic (exact) mass is 323 g/mol. The highest BCUT2D eigenvalue weighted by Gasteiger charge is 2.31. The van der Waals surface area contributed by atoms with E-state index in [-0.39, 0.29) is 12.0 Å². The number of hydrogen-bond acceptors (Lipinski definition) is 5. The van der Waals surface area contributed by atoms with Crippen LogP contribution in [0.15, 0.2) is 0 Å². The normalized spacial score (nSPS) is 23.7. The number of morpholine rings is 1. The molecule has 3 heterocycles. The van der Waals surface area contributed by atoms with Crippen molar-refractivity contribution in [3.63, 3.8) is 0 Å². The standard InChI is InChI=1S/C16H25N3O2S/c1-12-15(22-13(2)17-12)11-18-8-9-21-14(10-18)16(20)19-6-4-3-5-7-19/h14H,3-11H2,1-2H3. The summed E-state index contributed by atoms with van der Waals surface area (Å²) in [6.07, 6.45) is 3.20. The predicted molar refractivity (Wildman–Crippen MR) is 87.0 cm³/mol. The van der Waals surface area contributed by atoms with Crippen molar-refractivity contribution in [2.24, 2.45) is 0 Å². The number of carbonyl (C=O) groups excluding carboxylic acids is 1. The van der Waals surface area contributed by atoms with Crippen LogP contribution in [0.3, 0.4) is 0 Å². The van der Waals surface area contributed by atoms with E-state index in [0.29, 0.717) is 13.2 Å². The zero-order chi connectivity index (χ0) is 15.5. The highest BCUT2D eigenvalue weighted by Crippen LogP contribution is 2.21. The van der Waals surface area contributed by atoms with Crippen LogP contribution in [0.25, 0.3) is 0 Å². The van der Waals surface area contributed by atoms with Crippen LogP contribution >= 0.6 is 11.3 Å². The van der Waals surface area contributed by atoms with Crippen molar-refractivity contribution in [1.29, 1.82) is 0 Å². The third-order valence-corrected chi connectivity index (χ3v) is 5.52. The molecule has 0 aliphatic carbocycles. The van der Waals surface area contributed by atoms with Crippen LogP contribution in [0.4, 0.5) is 0 Å². The van der Waals surface area contributed by atoms with Crippen LogP contribution in [0.5, 0.6) is 0 Å². The molecule has 3 rings (SSSR count). The molecule has 0 spiro atoms. The summed E-state index contributed by atoms with van der Waals surface area (Å²) in [6.45, 7) is 9.01. The Bertz CT molecular complexity index is 525. The van der Waals surface area contributed by atoms with E-state index < -0.39 is 0 Å². The van der Waals surface area contributed by atoms with Gasteiger partial charge in [0.15, 0.2) is 0 Å². The van der Waals surface area contributed by atoms with Crippen molar-refractivity contribution in [2.75, 3.05) is 32.8 Å². The summed E-state index contributed by atoms with van der Waals surface area (Å²) in [4.78, 5) is 22.7. The zero-order valence-electron chi connectivity index (χ0n) is 13.5. The van der Waals surface area contributed by atoms with Gasteiger partial charge in [0, 0.05) is 37.6 Å². The lowest BCUT2D eigenvalue weighted by Gasteiger charge is -2.36. The fraction of sp³-hybridized carbons (Fsp3) is 0.750. The van der Waals surface area contributed by atoms with Gasteiger partial charge < -0.3 is 9.64 Å². The Kier molecular flexibility index (Phi) is 5.10. The van der Waals surface area contributed by atoms with E-state index in [9.17, 15) is 4.79 Å². The van der Waals surface area contributed by atoms with E-state index in [2.05, 4.69) is 16.8 Å². The third kappa shape index (κ3) is 3.67. The maximum atomic E-state index is 12.6. The lowest BCUT2D eigenvalue weighted by molar-refractivity contribution is -0.150. The number of piperidine rings is 1. The van der Waals surface area contributed by atoms with Crippen LogP contribution in [0, 0.1) is 13.8 Å². The summed E-state index contributed by atoms with van der Waals surface area (Å²) in [5, 5.41) is 1.11. The first-order valence-corrected chi connectivity index (χ1v) is 9.01. The summed E-state index contributed by atoms with van der Waals surface area (Å²) in [6, 6.07) is 0. The summed E-state index contributed by atoms with van der Waals surface area (Å²) < 4.78 is 5.75. The molecule has 1 amide bonds. The second-order valence-electron chi connectivity index (χ2n) is 6.22. The second kappa shape index (κ2) is 7.06. The topological polar surface area (TPSA) is 45.7 Å². The Morgan fingerprint density at radius 1 is 1.27 bits per heavy atom. The van der Waals surface area contributed by atoms with Crippen molar-refractivity contribution >= 4 is 17.2 Å². The molecule has 1 unspecified atom stereocenters. The largest absolute Gasteiger partial charge is 0.366 e. The van der Waals surface area contributed by atoms with Crippen molar-refractivity contribution in [1.82, 2.24) is 14.8 Å². The molecule has 2 aliphatic heterocycles. The minimum atomic E-state index is -0.291. The number of thiazole rings is 1. The zero-order valence-corrected chi connectivity index (χ0v) is 14.3. The molecule has 0 radical (unpaired) electrons. The smallest absolute Gasteiger partial charge is 0.253 e. The molecule has 2 fully saturated rings.